The second-order valence-corrected chi connectivity index (χ2v) is 6.26. The van der Waals surface area contributed by atoms with Crippen LogP contribution in [-0.4, -0.2) is 31.6 Å². The third-order valence-electron chi connectivity index (χ3n) is 3.72. The van der Waals surface area contributed by atoms with Crippen molar-refractivity contribution in [2.45, 2.75) is 84.5 Å². The molecule has 1 saturated heterocycles. The van der Waals surface area contributed by atoms with E-state index < -0.39 is 0 Å². The standard InChI is InChI=1S/C17H32O4/c1-4-5-6-7-8-9-10-11-16(18)21-15-12-19-17(14(2)3)20-13-15/h14-15,17H,4-13H2,1-3H3. The summed E-state index contributed by atoms with van der Waals surface area (Å²) in [5, 5.41) is 0. The van der Waals surface area contributed by atoms with Gasteiger partial charge in [-0.05, 0) is 6.42 Å². The molecule has 0 unspecified atom stereocenters. The van der Waals surface area contributed by atoms with Crippen molar-refractivity contribution in [3.63, 3.8) is 0 Å². The van der Waals surface area contributed by atoms with Crippen LogP contribution in [0.1, 0.15) is 72.1 Å². The first kappa shape index (κ1) is 18.4. The molecule has 1 fully saturated rings. The van der Waals surface area contributed by atoms with E-state index in [4.69, 9.17) is 14.2 Å². The Morgan fingerprint density at radius 2 is 1.62 bits per heavy atom. The number of carbonyl (C=O) groups excluding carboxylic acids is 1. The molecule has 0 N–H and O–H groups in total. The molecule has 1 heterocycles. The number of carbonyl (C=O) groups is 1. The van der Waals surface area contributed by atoms with Crippen LogP contribution in [0.4, 0.5) is 0 Å². The molecule has 21 heavy (non-hydrogen) atoms. The number of hydrogen-bond donors (Lipinski definition) is 0. The van der Waals surface area contributed by atoms with Gasteiger partial charge < -0.3 is 14.2 Å². The molecule has 1 rings (SSSR count). The van der Waals surface area contributed by atoms with Crippen molar-refractivity contribution >= 4 is 5.97 Å². The Labute approximate surface area is 129 Å². The summed E-state index contributed by atoms with van der Waals surface area (Å²) in [5.41, 5.74) is 0. The lowest BCUT2D eigenvalue weighted by Crippen LogP contribution is -2.40. The lowest BCUT2D eigenvalue weighted by molar-refractivity contribution is -0.239. The normalized spacial score (nSPS) is 22.5. The van der Waals surface area contributed by atoms with Crippen molar-refractivity contribution in [2.24, 2.45) is 5.92 Å². The minimum Gasteiger partial charge on any atom is -0.457 e. The smallest absolute Gasteiger partial charge is 0.306 e. The van der Waals surface area contributed by atoms with Gasteiger partial charge in [-0.1, -0.05) is 59.3 Å². The number of hydrogen-bond acceptors (Lipinski definition) is 4. The molecule has 0 aromatic carbocycles. The molecule has 124 valence electrons. The highest BCUT2D eigenvalue weighted by Gasteiger charge is 2.26. The fraction of sp³-hybridized carbons (Fsp3) is 0.941. The molecule has 4 nitrogen and oxygen atoms in total. The molecule has 4 heteroatoms. The lowest BCUT2D eigenvalue weighted by atomic mass is 10.1. The van der Waals surface area contributed by atoms with Crippen LogP contribution in [0.3, 0.4) is 0 Å². The van der Waals surface area contributed by atoms with Gasteiger partial charge >= 0.3 is 5.97 Å². The molecule has 1 aliphatic heterocycles. The van der Waals surface area contributed by atoms with E-state index in [-0.39, 0.29) is 18.4 Å². The van der Waals surface area contributed by atoms with Crippen molar-refractivity contribution in [3.8, 4) is 0 Å². The van der Waals surface area contributed by atoms with Crippen LogP contribution >= 0.6 is 0 Å². The summed E-state index contributed by atoms with van der Waals surface area (Å²) < 4.78 is 16.4. The predicted molar refractivity (Wildman–Crippen MR) is 83.0 cm³/mol. The van der Waals surface area contributed by atoms with Crippen LogP contribution in [0.2, 0.25) is 0 Å². The monoisotopic (exact) mass is 300 g/mol. The topological polar surface area (TPSA) is 44.8 Å². The van der Waals surface area contributed by atoms with Gasteiger partial charge in [0.15, 0.2) is 6.29 Å². The van der Waals surface area contributed by atoms with E-state index >= 15 is 0 Å². The lowest BCUT2D eigenvalue weighted by Gasteiger charge is -2.31. The molecule has 0 aromatic heterocycles. The fourth-order valence-electron chi connectivity index (χ4n) is 2.42. The molecule has 0 amide bonds. The van der Waals surface area contributed by atoms with E-state index in [0.29, 0.717) is 25.6 Å². The molecule has 0 spiro atoms. The van der Waals surface area contributed by atoms with Gasteiger partial charge in [-0.3, -0.25) is 4.79 Å². The highest BCUT2D eigenvalue weighted by atomic mass is 16.7. The Bertz CT molecular complexity index is 270. The molecular weight excluding hydrogens is 268 g/mol. The van der Waals surface area contributed by atoms with Gasteiger partial charge in [-0.25, -0.2) is 0 Å². The average molecular weight is 300 g/mol. The van der Waals surface area contributed by atoms with Gasteiger partial charge in [0, 0.05) is 12.3 Å². The molecule has 0 saturated carbocycles. The summed E-state index contributed by atoms with van der Waals surface area (Å²) in [7, 11) is 0. The number of unbranched alkanes of at least 4 members (excludes halogenated alkanes) is 6. The summed E-state index contributed by atoms with van der Waals surface area (Å²) in [4.78, 5) is 11.7. The Hall–Kier alpha value is -0.610. The quantitative estimate of drug-likeness (QED) is 0.451. The minimum absolute atomic E-state index is 0.122. The third-order valence-corrected chi connectivity index (χ3v) is 3.72. The molecule has 0 atom stereocenters. The van der Waals surface area contributed by atoms with Gasteiger partial charge in [0.2, 0.25) is 0 Å². The average Bonchev–Trinajstić information content (AvgIpc) is 2.47. The minimum atomic E-state index is -0.239. The summed E-state index contributed by atoms with van der Waals surface area (Å²) in [6, 6.07) is 0. The number of esters is 1. The van der Waals surface area contributed by atoms with Crippen LogP contribution in [0.25, 0.3) is 0 Å². The molecule has 0 aliphatic carbocycles. The maximum atomic E-state index is 11.7. The van der Waals surface area contributed by atoms with E-state index in [1.165, 1.54) is 32.1 Å². The Morgan fingerprint density at radius 1 is 1.05 bits per heavy atom. The summed E-state index contributed by atoms with van der Waals surface area (Å²) in [6.45, 7) is 7.23. The van der Waals surface area contributed by atoms with Gasteiger partial charge in [0.1, 0.15) is 6.10 Å². The SMILES string of the molecule is CCCCCCCCCC(=O)OC1COC(C(C)C)OC1. The largest absolute Gasteiger partial charge is 0.457 e. The van der Waals surface area contributed by atoms with Crippen LogP contribution in [0.5, 0.6) is 0 Å². The second kappa shape index (κ2) is 11.0. The van der Waals surface area contributed by atoms with E-state index in [2.05, 4.69) is 20.8 Å². The first-order valence-electron chi connectivity index (χ1n) is 8.56. The van der Waals surface area contributed by atoms with Crippen molar-refractivity contribution in [2.75, 3.05) is 13.2 Å². The van der Waals surface area contributed by atoms with Gasteiger partial charge in [-0.2, -0.15) is 0 Å². The van der Waals surface area contributed by atoms with Crippen LogP contribution in [-0.2, 0) is 19.0 Å². The maximum absolute atomic E-state index is 11.7. The molecular formula is C17H32O4. The molecule has 0 aromatic rings. The number of ether oxygens (including phenoxy) is 3. The van der Waals surface area contributed by atoms with E-state index in [1.807, 2.05) is 0 Å². The molecule has 1 aliphatic rings. The zero-order valence-corrected chi connectivity index (χ0v) is 13.9. The van der Waals surface area contributed by atoms with E-state index in [1.54, 1.807) is 0 Å². The van der Waals surface area contributed by atoms with Crippen LogP contribution < -0.4 is 0 Å². The first-order valence-corrected chi connectivity index (χ1v) is 8.56. The van der Waals surface area contributed by atoms with Crippen molar-refractivity contribution < 1.29 is 19.0 Å². The zero-order valence-electron chi connectivity index (χ0n) is 13.9. The van der Waals surface area contributed by atoms with Gasteiger partial charge in [0.25, 0.3) is 0 Å². The van der Waals surface area contributed by atoms with Crippen LogP contribution in [0, 0.1) is 5.92 Å². The second-order valence-electron chi connectivity index (χ2n) is 6.26. The highest BCUT2D eigenvalue weighted by Crippen LogP contribution is 2.16. The Morgan fingerprint density at radius 3 is 2.19 bits per heavy atom. The summed E-state index contributed by atoms with van der Waals surface area (Å²) >= 11 is 0. The molecule has 0 radical (unpaired) electrons. The Kier molecular flexibility index (Phi) is 9.68. The van der Waals surface area contributed by atoms with Crippen molar-refractivity contribution in [3.05, 3.63) is 0 Å². The third kappa shape index (κ3) is 8.42. The van der Waals surface area contributed by atoms with Crippen molar-refractivity contribution in [1.29, 1.82) is 0 Å². The Balaban J connectivity index is 1.99. The summed E-state index contributed by atoms with van der Waals surface area (Å²) in [6.07, 6.45) is 8.56. The fourth-order valence-corrected chi connectivity index (χ4v) is 2.42. The van der Waals surface area contributed by atoms with E-state index in [9.17, 15) is 4.79 Å². The molecule has 0 bridgehead atoms. The predicted octanol–water partition coefficient (Wildman–Crippen LogP) is 4.07. The maximum Gasteiger partial charge on any atom is 0.306 e. The first-order chi connectivity index (χ1) is 10.1. The van der Waals surface area contributed by atoms with Crippen LogP contribution in [0.15, 0.2) is 0 Å². The van der Waals surface area contributed by atoms with Crippen molar-refractivity contribution in [1.82, 2.24) is 0 Å². The summed E-state index contributed by atoms with van der Waals surface area (Å²) in [5.74, 6) is 0.207. The highest BCUT2D eigenvalue weighted by molar-refractivity contribution is 5.69. The van der Waals surface area contributed by atoms with Gasteiger partial charge in [0.05, 0.1) is 13.2 Å². The number of rotatable bonds is 10. The van der Waals surface area contributed by atoms with Gasteiger partial charge in [-0.15, -0.1) is 0 Å². The van der Waals surface area contributed by atoms with E-state index in [0.717, 1.165) is 12.8 Å². The zero-order chi connectivity index (χ0) is 15.5.